The van der Waals surface area contributed by atoms with Crippen LogP contribution in [0.1, 0.15) is 41.6 Å². The minimum absolute atomic E-state index is 0.144. The van der Waals surface area contributed by atoms with Crippen LogP contribution in [0.15, 0.2) is 40.3 Å². The van der Waals surface area contributed by atoms with Crippen molar-refractivity contribution in [2.45, 2.75) is 44.7 Å². The van der Waals surface area contributed by atoms with Crippen LogP contribution in [0.4, 0.5) is 0 Å². The molecule has 1 fully saturated rings. The van der Waals surface area contributed by atoms with Crippen LogP contribution in [0, 0.1) is 20.8 Å². The summed E-state index contributed by atoms with van der Waals surface area (Å²) in [5.41, 5.74) is 3.56. The van der Waals surface area contributed by atoms with Gasteiger partial charge in [-0.1, -0.05) is 29.1 Å². The summed E-state index contributed by atoms with van der Waals surface area (Å²) in [4.78, 5) is 23.4. The molecule has 0 bridgehead atoms. The molecule has 0 radical (unpaired) electrons. The number of hydrogen-bond donors (Lipinski definition) is 0. The Labute approximate surface area is 174 Å². The van der Waals surface area contributed by atoms with Gasteiger partial charge in [-0.15, -0.1) is 0 Å². The summed E-state index contributed by atoms with van der Waals surface area (Å²) in [6, 6.07) is 6.23. The zero-order valence-corrected chi connectivity index (χ0v) is 17.8. The summed E-state index contributed by atoms with van der Waals surface area (Å²) in [7, 11) is 0. The molecule has 1 amide bonds. The van der Waals surface area contributed by atoms with E-state index >= 15 is 0 Å². The van der Waals surface area contributed by atoms with Gasteiger partial charge in [-0.3, -0.25) is 9.36 Å². The van der Waals surface area contributed by atoms with Crippen LogP contribution < -0.4 is 0 Å². The van der Waals surface area contributed by atoms with Crippen molar-refractivity contribution < 1.29 is 9.32 Å². The SMILES string of the molecule is Cc1noc(C2CCN(C(=O)CSc3nccn3-c3cccc(C)c3C)CC2)n1. The largest absolute Gasteiger partial charge is 0.342 e. The molecule has 1 saturated heterocycles. The standard InChI is InChI=1S/C21H25N5O2S/c1-14-5-4-6-18(15(14)2)26-12-9-22-21(26)29-13-19(27)25-10-7-17(8-11-25)20-23-16(3)24-28-20/h4-6,9,12,17H,7-8,10-11,13H2,1-3H3. The molecule has 1 aliphatic rings. The lowest BCUT2D eigenvalue weighted by Gasteiger charge is -2.30. The van der Waals surface area contributed by atoms with Crippen LogP contribution in [0.25, 0.3) is 5.69 Å². The molecule has 3 heterocycles. The molecule has 4 rings (SSSR count). The highest BCUT2D eigenvalue weighted by Crippen LogP contribution is 2.28. The molecule has 0 unspecified atom stereocenters. The minimum Gasteiger partial charge on any atom is -0.342 e. The second kappa shape index (κ2) is 8.41. The number of aryl methyl sites for hydroxylation is 2. The van der Waals surface area contributed by atoms with Gasteiger partial charge in [-0.2, -0.15) is 4.98 Å². The van der Waals surface area contributed by atoms with Gasteiger partial charge in [0.1, 0.15) is 0 Å². The number of benzene rings is 1. The van der Waals surface area contributed by atoms with Crippen molar-refractivity contribution in [3.05, 3.63) is 53.4 Å². The summed E-state index contributed by atoms with van der Waals surface area (Å²) >= 11 is 1.49. The van der Waals surface area contributed by atoms with Crippen molar-refractivity contribution in [3.63, 3.8) is 0 Å². The number of amides is 1. The van der Waals surface area contributed by atoms with Crippen LogP contribution in [0.2, 0.25) is 0 Å². The third-order valence-electron chi connectivity index (χ3n) is 5.51. The molecule has 152 valence electrons. The van der Waals surface area contributed by atoms with Crippen molar-refractivity contribution in [1.82, 2.24) is 24.6 Å². The first-order valence-electron chi connectivity index (χ1n) is 9.83. The van der Waals surface area contributed by atoms with Gasteiger partial charge in [0.2, 0.25) is 11.8 Å². The lowest BCUT2D eigenvalue weighted by Crippen LogP contribution is -2.39. The number of carbonyl (C=O) groups excluding carboxylic acids is 1. The highest BCUT2D eigenvalue weighted by Gasteiger charge is 2.27. The van der Waals surface area contributed by atoms with E-state index in [2.05, 4.69) is 45.7 Å². The first kappa shape index (κ1) is 19.7. The number of rotatable bonds is 5. The van der Waals surface area contributed by atoms with Crippen molar-refractivity contribution in [2.24, 2.45) is 0 Å². The van der Waals surface area contributed by atoms with E-state index in [1.54, 1.807) is 6.20 Å². The van der Waals surface area contributed by atoms with Crippen molar-refractivity contribution >= 4 is 17.7 Å². The summed E-state index contributed by atoms with van der Waals surface area (Å²) in [5.74, 6) is 2.13. The third-order valence-corrected chi connectivity index (χ3v) is 6.46. The average molecular weight is 412 g/mol. The molecular formula is C21H25N5O2S. The van der Waals surface area contributed by atoms with Crippen molar-refractivity contribution in [1.29, 1.82) is 0 Å². The first-order chi connectivity index (χ1) is 14.0. The van der Waals surface area contributed by atoms with Gasteiger partial charge >= 0.3 is 0 Å². The maximum Gasteiger partial charge on any atom is 0.233 e. The van der Waals surface area contributed by atoms with Crippen LogP contribution in [0.5, 0.6) is 0 Å². The molecule has 1 aromatic carbocycles. The highest BCUT2D eigenvalue weighted by atomic mass is 32.2. The Morgan fingerprint density at radius 3 is 2.76 bits per heavy atom. The molecule has 7 nitrogen and oxygen atoms in total. The van der Waals surface area contributed by atoms with Gasteiger partial charge in [0.15, 0.2) is 11.0 Å². The van der Waals surface area contributed by atoms with E-state index in [0.29, 0.717) is 17.5 Å². The molecule has 3 aromatic rings. The number of likely N-dealkylation sites (tertiary alicyclic amines) is 1. The zero-order chi connectivity index (χ0) is 20.4. The fourth-order valence-electron chi connectivity index (χ4n) is 3.65. The van der Waals surface area contributed by atoms with E-state index in [1.165, 1.54) is 22.9 Å². The second-order valence-electron chi connectivity index (χ2n) is 7.42. The molecule has 0 aliphatic carbocycles. The number of imidazole rings is 1. The van der Waals surface area contributed by atoms with E-state index in [9.17, 15) is 4.79 Å². The maximum atomic E-state index is 12.7. The Balaban J connectivity index is 1.35. The Hall–Kier alpha value is -2.61. The molecule has 0 atom stereocenters. The van der Waals surface area contributed by atoms with E-state index in [4.69, 9.17) is 4.52 Å². The first-order valence-corrected chi connectivity index (χ1v) is 10.8. The predicted octanol–water partition coefficient (Wildman–Crippen LogP) is 3.68. The van der Waals surface area contributed by atoms with Gasteiger partial charge in [0.05, 0.1) is 11.4 Å². The molecule has 2 aromatic heterocycles. The smallest absolute Gasteiger partial charge is 0.233 e. The fraction of sp³-hybridized carbons (Fsp3) is 0.429. The predicted molar refractivity (Wildman–Crippen MR) is 111 cm³/mol. The molecule has 0 N–H and O–H groups in total. The Morgan fingerprint density at radius 1 is 1.24 bits per heavy atom. The third kappa shape index (κ3) is 4.22. The van der Waals surface area contributed by atoms with Gasteiger partial charge in [0, 0.05) is 31.4 Å². The normalized spacial score (nSPS) is 15.1. The van der Waals surface area contributed by atoms with E-state index < -0.39 is 0 Å². The van der Waals surface area contributed by atoms with Crippen molar-refractivity contribution in [2.75, 3.05) is 18.8 Å². The number of thioether (sulfide) groups is 1. The van der Waals surface area contributed by atoms with E-state index in [1.807, 2.05) is 24.1 Å². The molecular weight excluding hydrogens is 386 g/mol. The Morgan fingerprint density at radius 2 is 2.03 bits per heavy atom. The van der Waals surface area contributed by atoms with Gasteiger partial charge < -0.3 is 9.42 Å². The summed E-state index contributed by atoms with van der Waals surface area (Å²) in [6.45, 7) is 7.48. The Bertz CT molecular complexity index is 1000. The Kier molecular flexibility index (Phi) is 5.71. The number of aromatic nitrogens is 4. The summed E-state index contributed by atoms with van der Waals surface area (Å²) in [6.07, 6.45) is 5.45. The summed E-state index contributed by atoms with van der Waals surface area (Å²) < 4.78 is 7.35. The van der Waals surface area contributed by atoms with Crippen LogP contribution >= 0.6 is 11.8 Å². The average Bonchev–Trinajstić information content (AvgIpc) is 3.37. The molecule has 0 spiro atoms. The van der Waals surface area contributed by atoms with Crippen LogP contribution in [-0.2, 0) is 4.79 Å². The van der Waals surface area contributed by atoms with Crippen molar-refractivity contribution in [3.8, 4) is 5.69 Å². The molecule has 0 saturated carbocycles. The lowest BCUT2D eigenvalue weighted by atomic mass is 9.97. The molecule has 8 heteroatoms. The van der Waals surface area contributed by atoms with E-state index in [-0.39, 0.29) is 11.8 Å². The number of hydrogen-bond acceptors (Lipinski definition) is 6. The topological polar surface area (TPSA) is 77.0 Å². The van der Waals surface area contributed by atoms with Crippen LogP contribution in [-0.4, -0.2) is 49.3 Å². The number of nitrogens with zero attached hydrogens (tertiary/aromatic N) is 5. The summed E-state index contributed by atoms with van der Waals surface area (Å²) in [5, 5.41) is 4.71. The maximum absolute atomic E-state index is 12.7. The monoisotopic (exact) mass is 411 g/mol. The highest BCUT2D eigenvalue weighted by molar-refractivity contribution is 7.99. The number of carbonyl (C=O) groups is 1. The van der Waals surface area contributed by atoms with Gasteiger partial charge in [-0.05, 0) is 50.8 Å². The zero-order valence-electron chi connectivity index (χ0n) is 17.0. The minimum atomic E-state index is 0.144. The molecule has 1 aliphatic heterocycles. The van der Waals surface area contributed by atoms with E-state index in [0.717, 1.165) is 36.8 Å². The quantitative estimate of drug-likeness (QED) is 0.596. The van der Waals surface area contributed by atoms with Gasteiger partial charge in [-0.25, -0.2) is 4.98 Å². The second-order valence-corrected chi connectivity index (χ2v) is 8.36. The van der Waals surface area contributed by atoms with Crippen LogP contribution in [0.3, 0.4) is 0 Å². The number of piperidine rings is 1. The molecule has 29 heavy (non-hydrogen) atoms. The lowest BCUT2D eigenvalue weighted by molar-refractivity contribution is -0.129. The van der Waals surface area contributed by atoms with Gasteiger partial charge in [0.25, 0.3) is 0 Å². The fourth-order valence-corrected chi connectivity index (χ4v) is 4.52.